The van der Waals surface area contributed by atoms with Crippen LogP contribution in [-0.2, 0) is 4.79 Å². The van der Waals surface area contributed by atoms with Gasteiger partial charge in [0, 0.05) is 38.6 Å². The molecule has 1 fully saturated rings. The lowest BCUT2D eigenvalue weighted by Crippen LogP contribution is -2.48. The summed E-state index contributed by atoms with van der Waals surface area (Å²) in [4.78, 5) is 33.0. The molecule has 0 spiro atoms. The third kappa shape index (κ3) is 2.60. The molecule has 0 saturated carbocycles. The topological polar surface area (TPSA) is 99.2 Å². The Hall–Kier alpha value is -2.97. The van der Waals surface area contributed by atoms with E-state index in [-0.39, 0.29) is 12.5 Å². The molecule has 4 rings (SSSR count). The number of carbonyl (C=O) groups is 1. The van der Waals surface area contributed by atoms with Crippen molar-refractivity contribution in [2.75, 3.05) is 53.2 Å². The van der Waals surface area contributed by atoms with Gasteiger partial charge in [0.1, 0.15) is 12.0 Å². The predicted molar refractivity (Wildman–Crippen MR) is 85.6 cm³/mol. The van der Waals surface area contributed by atoms with Gasteiger partial charge >= 0.3 is 0 Å². The predicted octanol–water partition coefficient (Wildman–Crippen LogP) is -0.0428. The normalized spacial score (nSPS) is 17.3. The van der Waals surface area contributed by atoms with Crippen LogP contribution in [0.4, 0.5) is 23.3 Å². The monoisotopic (exact) mass is 312 g/mol. The van der Waals surface area contributed by atoms with Crippen LogP contribution in [0.15, 0.2) is 24.8 Å². The molecule has 1 saturated heterocycles. The number of nitrogens with zero attached hydrogens (tertiary/aromatic N) is 6. The van der Waals surface area contributed by atoms with Crippen molar-refractivity contribution in [3.63, 3.8) is 0 Å². The largest absolute Gasteiger partial charge is 0.359 e. The van der Waals surface area contributed by atoms with Gasteiger partial charge in [-0.05, 0) is 6.07 Å². The fraction of sp³-hybridized carbons (Fsp3) is 0.357. The Bertz CT molecular complexity index is 714. The SMILES string of the molecule is O=C1CNc2ncnc(N3CCN(c4ncccn4)CC3)c2N1. The maximum Gasteiger partial charge on any atom is 0.243 e. The first-order valence-electron chi connectivity index (χ1n) is 7.47. The van der Waals surface area contributed by atoms with E-state index in [1.165, 1.54) is 6.33 Å². The Labute approximate surface area is 132 Å². The van der Waals surface area contributed by atoms with Crippen LogP contribution < -0.4 is 20.4 Å². The van der Waals surface area contributed by atoms with Crippen molar-refractivity contribution < 1.29 is 4.79 Å². The molecule has 0 radical (unpaired) electrons. The molecule has 2 N–H and O–H groups in total. The molecule has 9 nitrogen and oxygen atoms in total. The summed E-state index contributed by atoms with van der Waals surface area (Å²) >= 11 is 0. The van der Waals surface area contributed by atoms with Crippen LogP contribution in [0, 0.1) is 0 Å². The van der Waals surface area contributed by atoms with E-state index in [0.717, 1.165) is 37.9 Å². The maximum absolute atomic E-state index is 11.6. The van der Waals surface area contributed by atoms with Gasteiger partial charge in [-0.2, -0.15) is 0 Å². The van der Waals surface area contributed by atoms with Crippen LogP contribution in [0.2, 0.25) is 0 Å². The standard InChI is InChI=1S/C14H16N8O/c23-10-8-17-12-11(20-10)13(19-9-18-12)21-4-6-22(7-5-21)14-15-2-1-3-16-14/h1-3,9H,4-8H2,(H,20,23)(H,17,18,19). The Balaban J connectivity index is 1.52. The van der Waals surface area contributed by atoms with Crippen LogP contribution in [0.3, 0.4) is 0 Å². The van der Waals surface area contributed by atoms with Crippen LogP contribution in [-0.4, -0.2) is 58.6 Å². The van der Waals surface area contributed by atoms with E-state index in [9.17, 15) is 4.79 Å². The zero-order valence-electron chi connectivity index (χ0n) is 12.4. The average Bonchev–Trinajstić information content (AvgIpc) is 2.62. The highest BCUT2D eigenvalue weighted by atomic mass is 16.2. The van der Waals surface area contributed by atoms with E-state index >= 15 is 0 Å². The summed E-state index contributed by atoms with van der Waals surface area (Å²) in [6.45, 7) is 3.38. The summed E-state index contributed by atoms with van der Waals surface area (Å²) in [6, 6.07) is 1.81. The third-order valence-electron chi connectivity index (χ3n) is 3.92. The van der Waals surface area contributed by atoms with Crippen LogP contribution in [0.25, 0.3) is 0 Å². The summed E-state index contributed by atoms with van der Waals surface area (Å²) in [5.41, 5.74) is 0.660. The second-order valence-corrected chi connectivity index (χ2v) is 5.35. The van der Waals surface area contributed by atoms with Gasteiger partial charge in [0.25, 0.3) is 0 Å². The molecule has 2 aliphatic heterocycles. The summed E-state index contributed by atoms with van der Waals surface area (Å²) in [6.07, 6.45) is 5.01. The van der Waals surface area contributed by atoms with E-state index in [4.69, 9.17) is 0 Å². The molecule has 118 valence electrons. The van der Waals surface area contributed by atoms with E-state index in [1.54, 1.807) is 12.4 Å². The second-order valence-electron chi connectivity index (χ2n) is 5.35. The molecule has 0 atom stereocenters. The second kappa shape index (κ2) is 5.67. The van der Waals surface area contributed by atoms with E-state index in [0.29, 0.717) is 11.5 Å². The molecule has 2 aromatic rings. The van der Waals surface area contributed by atoms with E-state index in [1.807, 2.05) is 6.07 Å². The molecule has 4 heterocycles. The Morgan fingerprint density at radius 3 is 2.48 bits per heavy atom. The minimum atomic E-state index is -0.0788. The molecule has 0 bridgehead atoms. The summed E-state index contributed by atoms with van der Waals surface area (Å²) in [7, 11) is 0. The first-order valence-corrected chi connectivity index (χ1v) is 7.47. The molecule has 2 aromatic heterocycles. The molecule has 0 unspecified atom stereocenters. The Kier molecular flexibility index (Phi) is 3.37. The number of hydrogen-bond acceptors (Lipinski definition) is 8. The number of anilines is 4. The first kappa shape index (κ1) is 13.7. The number of fused-ring (bicyclic) bond motifs is 1. The lowest BCUT2D eigenvalue weighted by Gasteiger charge is -2.36. The number of nitrogens with one attached hydrogen (secondary N) is 2. The molecular weight excluding hydrogens is 296 g/mol. The number of hydrogen-bond donors (Lipinski definition) is 2. The highest BCUT2D eigenvalue weighted by molar-refractivity contribution is 6.02. The van der Waals surface area contributed by atoms with Gasteiger partial charge in [-0.25, -0.2) is 19.9 Å². The molecule has 0 aliphatic carbocycles. The minimum Gasteiger partial charge on any atom is -0.359 e. The van der Waals surface area contributed by atoms with Crippen molar-refractivity contribution in [1.29, 1.82) is 0 Å². The first-order chi connectivity index (χ1) is 11.3. The lowest BCUT2D eigenvalue weighted by atomic mass is 10.2. The van der Waals surface area contributed by atoms with Crippen molar-refractivity contribution in [1.82, 2.24) is 19.9 Å². The molecule has 1 amide bonds. The third-order valence-corrected chi connectivity index (χ3v) is 3.92. The van der Waals surface area contributed by atoms with Gasteiger partial charge in [0.2, 0.25) is 11.9 Å². The summed E-state index contributed by atoms with van der Waals surface area (Å²) < 4.78 is 0. The van der Waals surface area contributed by atoms with Crippen molar-refractivity contribution in [3.05, 3.63) is 24.8 Å². The fourth-order valence-electron chi connectivity index (χ4n) is 2.79. The molecule has 23 heavy (non-hydrogen) atoms. The van der Waals surface area contributed by atoms with Gasteiger partial charge in [-0.1, -0.05) is 0 Å². The Morgan fingerprint density at radius 1 is 0.957 bits per heavy atom. The van der Waals surface area contributed by atoms with Crippen LogP contribution >= 0.6 is 0 Å². The average molecular weight is 312 g/mol. The molecule has 0 aromatic carbocycles. The smallest absolute Gasteiger partial charge is 0.243 e. The summed E-state index contributed by atoms with van der Waals surface area (Å²) in [5.74, 6) is 2.09. The summed E-state index contributed by atoms with van der Waals surface area (Å²) in [5, 5.41) is 5.87. The minimum absolute atomic E-state index is 0.0788. The fourth-order valence-corrected chi connectivity index (χ4v) is 2.79. The number of piperazine rings is 1. The highest BCUT2D eigenvalue weighted by Crippen LogP contribution is 2.32. The number of amides is 1. The van der Waals surface area contributed by atoms with Gasteiger partial charge in [-0.15, -0.1) is 0 Å². The van der Waals surface area contributed by atoms with Crippen molar-refractivity contribution in [3.8, 4) is 0 Å². The highest BCUT2D eigenvalue weighted by Gasteiger charge is 2.26. The van der Waals surface area contributed by atoms with Gasteiger partial charge < -0.3 is 20.4 Å². The number of rotatable bonds is 2. The number of aromatic nitrogens is 4. The van der Waals surface area contributed by atoms with Gasteiger partial charge in [0.05, 0.1) is 6.54 Å². The van der Waals surface area contributed by atoms with Crippen molar-refractivity contribution in [2.24, 2.45) is 0 Å². The maximum atomic E-state index is 11.6. The van der Waals surface area contributed by atoms with Gasteiger partial charge in [0.15, 0.2) is 11.6 Å². The van der Waals surface area contributed by atoms with Gasteiger partial charge in [-0.3, -0.25) is 4.79 Å². The molecule has 2 aliphatic rings. The van der Waals surface area contributed by atoms with E-state index < -0.39 is 0 Å². The zero-order chi connectivity index (χ0) is 15.6. The van der Waals surface area contributed by atoms with Crippen molar-refractivity contribution in [2.45, 2.75) is 0 Å². The molecule has 9 heteroatoms. The molecular formula is C14H16N8O. The van der Waals surface area contributed by atoms with E-state index in [2.05, 4.69) is 40.4 Å². The van der Waals surface area contributed by atoms with Crippen molar-refractivity contribution >= 4 is 29.2 Å². The number of carbonyl (C=O) groups excluding carboxylic acids is 1. The quantitative estimate of drug-likeness (QED) is 0.797. The lowest BCUT2D eigenvalue weighted by molar-refractivity contribution is -0.114. The van der Waals surface area contributed by atoms with Crippen LogP contribution in [0.5, 0.6) is 0 Å². The Morgan fingerprint density at radius 2 is 1.70 bits per heavy atom. The zero-order valence-corrected chi connectivity index (χ0v) is 12.4. The van der Waals surface area contributed by atoms with Crippen LogP contribution in [0.1, 0.15) is 0 Å².